The first kappa shape index (κ1) is 12.5. The smallest absolute Gasteiger partial charge is 0.327 e. The summed E-state index contributed by atoms with van der Waals surface area (Å²) in [6.45, 7) is 0. The van der Waals surface area contributed by atoms with Crippen molar-refractivity contribution in [3.8, 4) is 0 Å². The maximum absolute atomic E-state index is 10.7. The molecule has 0 saturated carbocycles. The van der Waals surface area contributed by atoms with E-state index in [2.05, 4.69) is 4.98 Å². The Hall–Kier alpha value is -2.56. The summed E-state index contributed by atoms with van der Waals surface area (Å²) >= 11 is 0. The molecule has 3 rings (SSSR count). The van der Waals surface area contributed by atoms with Crippen LogP contribution in [-0.2, 0) is 9.53 Å². The van der Waals surface area contributed by atoms with E-state index in [1.54, 1.807) is 19.4 Å². The van der Waals surface area contributed by atoms with Crippen LogP contribution in [0.25, 0.3) is 16.9 Å². The van der Waals surface area contributed by atoms with Gasteiger partial charge >= 0.3 is 5.97 Å². The van der Waals surface area contributed by atoms with E-state index in [4.69, 9.17) is 14.3 Å². The number of rotatable bonds is 3. The van der Waals surface area contributed by atoms with Crippen LogP contribution in [0.3, 0.4) is 0 Å². The van der Waals surface area contributed by atoms with Crippen molar-refractivity contribution in [3.63, 3.8) is 0 Å². The van der Waals surface area contributed by atoms with Crippen molar-refractivity contribution >= 4 is 22.8 Å². The third-order valence-corrected chi connectivity index (χ3v) is 3.35. The van der Waals surface area contributed by atoms with Crippen LogP contribution < -0.4 is 0 Å². The van der Waals surface area contributed by atoms with Crippen molar-refractivity contribution in [1.29, 1.82) is 0 Å². The van der Waals surface area contributed by atoms with Gasteiger partial charge in [0.15, 0.2) is 11.5 Å². The third-order valence-electron chi connectivity index (χ3n) is 3.35. The third kappa shape index (κ3) is 1.97. The predicted octanol–water partition coefficient (Wildman–Crippen LogP) is 2.94. The van der Waals surface area contributed by atoms with Gasteiger partial charge in [-0.1, -0.05) is 6.08 Å². The van der Waals surface area contributed by atoms with Crippen LogP contribution in [-0.4, -0.2) is 23.2 Å². The predicted molar refractivity (Wildman–Crippen MR) is 73.1 cm³/mol. The number of allylic oxidation sites excluding steroid dienone is 2. The number of carboxylic acids is 1. The summed E-state index contributed by atoms with van der Waals surface area (Å²) < 4.78 is 11.1. The molecule has 1 N–H and O–H groups in total. The monoisotopic (exact) mass is 271 g/mol. The van der Waals surface area contributed by atoms with Gasteiger partial charge in [0, 0.05) is 29.1 Å². The average molecular weight is 271 g/mol. The number of fused-ring (bicyclic) bond motifs is 3. The molecule has 5 nitrogen and oxygen atoms in total. The molecule has 1 aliphatic rings. The molecule has 0 saturated heterocycles. The highest BCUT2D eigenvalue weighted by Crippen LogP contribution is 2.41. The molecule has 0 bridgehead atoms. The van der Waals surface area contributed by atoms with Crippen molar-refractivity contribution in [2.75, 3.05) is 7.11 Å². The second kappa shape index (κ2) is 4.85. The number of pyridine rings is 1. The highest BCUT2D eigenvalue weighted by atomic mass is 16.5. The zero-order valence-corrected chi connectivity index (χ0v) is 10.9. The first-order valence-electron chi connectivity index (χ1n) is 6.23. The highest BCUT2D eigenvalue weighted by Gasteiger charge is 2.27. The summed E-state index contributed by atoms with van der Waals surface area (Å²) in [4.78, 5) is 14.9. The Bertz CT molecular complexity index is 727. The molecule has 2 aromatic heterocycles. The summed E-state index contributed by atoms with van der Waals surface area (Å²) in [5.74, 6) is 0.287. The van der Waals surface area contributed by atoms with E-state index in [1.807, 2.05) is 18.2 Å². The lowest BCUT2D eigenvalue weighted by atomic mass is 9.88. The number of furan rings is 1. The number of ether oxygens (including phenoxy) is 1. The van der Waals surface area contributed by atoms with E-state index in [1.165, 1.54) is 0 Å². The molecule has 0 aliphatic heterocycles. The molecular formula is C15H13NO4. The van der Waals surface area contributed by atoms with Crippen LogP contribution in [0.1, 0.15) is 23.7 Å². The molecule has 20 heavy (non-hydrogen) atoms. The molecule has 1 unspecified atom stereocenters. The van der Waals surface area contributed by atoms with E-state index in [0.29, 0.717) is 23.7 Å². The van der Waals surface area contributed by atoms with Crippen molar-refractivity contribution in [2.24, 2.45) is 0 Å². The summed E-state index contributed by atoms with van der Waals surface area (Å²) in [6, 6.07) is 3.76. The molecule has 2 aromatic rings. The van der Waals surface area contributed by atoms with E-state index in [9.17, 15) is 4.79 Å². The van der Waals surface area contributed by atoms with Gasteiger partial charge in [-0.2, -0.15) is 0 Å². The zero-order chi connectivity index (χ0) is 14.1. The minimum atomic E-state index is -0.959. The Morgan fingerprint density at radius 2 is 2.45 bits per heavy atom. The molecule has 1 aliphatic carbocycles. The van der Waals surface area contributed by atoms with Gasteiger partial charge in [0.1, 0.15) is 0 Å². The van der Waals surface area contributed by atoms with E-state index in [-0.39, 0.29) is 5.92 Å². The maximum Gasteiger partial charge on any atom is 0.327 e. The van der Waals surface area contributed by atoms with Gasteiger partial charge < -0.3 is 14.3 Å². The number of nitrogens with zero attached hydrogens (tertiary/aromatic N) is 1. The fourth-order valence-electron chi connectivity index (χ4n) is 2.50. The number of aliphatic carboxylic acids is 1. The van der Waals surface area contributed by atoms with Gasteiger partial charge in [0.25, 0.3) is 0 Å². The lowest BCUT2D eigenvalue weighted by molar-refractivity contribution is -0.131. The van der Waals surface area contributed by atoms with E-state index >= 15 is 0 Å². The second-order valence-corrected chi connectivity index (χ2v) is 4.51. The maximum atomic E-state index is 10.7. The number of carbonyl (C=O) groups is 1. The molecule has 1 atom stereocenters. The van der Waals surface area contributed by atoms with Crippen LogP contribution in [0.5, 0.6) is 0 Å². The molecule has 0 amide bonds. The van der Waals surface area contributed by atoms with Gasteiger partial charge in [0.05, 0.1) is 7.11 Å². The first-order chi connectivity index (χ1) is 9.70. The van der Waals surface area contributed by atoms with E-state index < -0.39 is 5.97 Å². The van der Waals surface area contributed by atoms with Gasteiger partial charge in [-0.25, -0.2) is 9.78 Å². The molecule has 2 heterocycles. The van der Waals surface area contributed by atoms with Crippen LogP contribution >= 0.6 is 0 Å². The van der Waals surface area contributed by atoms with Crippen LogP contribution in [0.2, 0.25) is 0 Å². The molecule has 102 valence electrons. The number of hydrogen-bond donors (Lipinski definition) is 1. The van der Waals surface area contributed by atoms with Crippen molar-refractivity contribution in [3.05, 3.63) is 47.9 Å². The topological polar surface area (TPSA) is 72.6 Å². The fraction of sp³-hybridized carbons (Fsp3) is 0.200. The Morgan fingerprint density at radius 1 is 1.60 bits per heavy atom. The average Bonchev–Trinajstić information content (AvgIpc) is 2.84. The summed E-state index contributed by atoms with van der Waals surface area (Å²) in [6.07, 6.45) is 7.07. The Morgan fingerprint density at radius 3 is 3.20 bits per heavy atom. The summed E-state index contributed by atoms with van der Waals surface area (Å²) in [5, 5.41) is 9.69. The number of aromatic nitrogens is 1. The first-order valence-corrected chi connectivity index (χ1v) is 6.23. The quantitative estimate of drug-likeness (QED) is 0.869. The van der Waals surface area contributed by atoms with Gasteiger partial charge in [-0.15, -0.1) is 0 Å². The zero-order valence-electron chi connectivity index (χ0n) is 10.9. The lowest BCUT2D eigenvalue weighted by Gasteiger charge is -2.18. The summed E-state index contributed by atoms with van der Waals surface area (Å²) in [7, 11) is 1.59. The number of hydrogen-bond acceptors (Lipinski definition) is 4. The van der Waals surface area contributed by atoms with Gasteiger partial charge in [0.2, 0.25) is 5.71 Å². The number of methoxy groups -OCH3 is 1. The minimum absolute atomic E-state index is 0.0505. The van der Waals surface area contributed by atoms with Gasteiger partial charge in [-0.05, 0) is 24.6 Å². The molecule has 0 aromatic carbocycles. The van der Waals surface area contributed by atoms with Crippen LogP contribution in [0.15, 0.2) is 41.0 Å². The lowest BCUT2D eigenvalue weighted by Crippen LogP contribution is -2.04. The van der Waals surface area contributed by atoms with Crippen LogP contribution in [0.4, 0.5) is 0 Å². The Kier molecular flexibility index (Phi) is 3.02. The molecule has 0 spiro atoms. The van der Waals surface area contributed by atoms with Crippen LogP contribution in [0, 0.1) is 0 Å². The van der Waals surface area contributed by atoms with E-state index in [0.717, 1.165) is 17.0 Å². The Labute approximate surface area is 115 Å². The number of carboxylic acid groups (broad SMARTS) is 1. The SMILES string of the molecule is COC1=CCC(C=CC(=O)O)c2c1oc1ncccc21. The van der Waals surface area contributed by atoms with Crippen molar-refractivity contribution in [1.82, 2.24) is 4.98 Å². The molecule has 0 radical (unpaired) electrons. The molecule has 5 heteroatoms. The fourth-order valence-corrected chi connectivity index (χ4v) is 2.50. The summed E-state index contributed by atoms with van der Waals surface area (Å²) in [5.41, 5.74) is 1.47. The minimum Gasteiger partial charge on any atom is -0.493 e. The normalized spacial score (nSPS) is 18.1. The standard InChI is InChI=1S/C15H13NO4/c1-19-11-6-4-9(5-7-12(17)18)13-10-3-2-8-16-15(10)20-14(11)13/h2-3,5-9H,4H2,1H3,(H,17,18). The Balaban J connectivity index is 2.17. The van der Waals surface area contributed by atoms with Crippen molar-refractivity contribution in [2.45, 2.75) is 12.3 Å². The molecular weight excluding hydrogens is 258 g/mol. The highest BCUT2D eigenvalue weighted by molar-refractivity contribution is 5.86. The largest absolute Gasteiger partial charge is 0.493 e. The van der Waals surface area contributed by atoms with Gasteiger partial charge in [-0.3, -0.25) is 0 Å². The molecule has 0 fully saturated rings. The van der Waals surface area contributed by atoms with Crippen molar-refractivity contribution < 1.29 is 19.1 Å². The second-order valence-electron chi connectivity index (χ2n) is 4.51.